The number of fused-ring (bicyclic) bond motifs is 1. The highest BCUT2D eigenvalue weighted by Gasteiger charge is 2.20. The quantitative estimate of drug-likeness (QED) is 0.165. The van der Waals surface area contributed by atoms with Crippen LogP contribution in [0.4, 0.5) is 0 Å². The van der Waals surface area contributed by atoms with Crippen LogP contribution in [-0.4, -0.2) is 22.2 Å². The first-order chi connectivity index (χ1) is 19.7. The van der Waals surface area contributed by atoms with Crippen LogP contribution in [0.3, 0.4) is 0 Å². The fourth-order valence-electron chi connectivity index (χ4n) is 4.97. The summed E-state index contributed by atoms with van der Waals surface area (Å²) in [6, 6.07) is 24.9. The van der Waals surface area contributed by atoms with E-state index in [1.54, 1.807) is 6.07 Å². The number of aliphatic hydroxyl groups is 1. The van der Waals surface area contributed by atoms with E-state index in [2.05, 4.69) is 19.0 Å². The van der Waals surface area contributed by atoms with Gasteiger partial charge in [-0.05, 0) is 77.6 Å². The van der Waals surface area contributed by atoms with Crippen LogP contribution in [0.15, 0.2) is 83.4 Å². The molecule has 5 rings (SSSR count). The minimum absolute atomic E-state index is 0.152. The molecule has 0 aliphatic carbocycles. The minimum atomic E-state index is -1.06. The molecule has 0 saturated heterocycles. The van der Waals surface area contributed by atoms with E-state index in [1.807, 2.05) is 72.8 Å². The molecule has 0 bridgehead atoms. The SMILES string of the molecule is CC(O)C(=O)c1cccc2ccc(-c3ccc(OCc4c(CCc5c(Cl)cccc5Cl)noc4C(C)C)cc3)cc12. The number of carbonyl (C=O) groups excluding carboxylic acids is 1. The van der Waals surface area contributed by atoms with Crippen LogP contribution in [0.5, 0.6) is 5.75 Å². The maximum atomic E-state index is 12.6. The zero-order valence-electron chi connectivity index (χ0n) is 23.2. The largest absolute Gasteiger partial charge is 0.489 e. The van der Waals surface area contributed by atoms with Crippen molar-refractivity contribution in [2.45, 2.75) is 52.2 Å². The zero-order chi connectivity index (χ0) is 29.1. The van der Waals surface area contributed by atoms with Crippen molar-refractivity contribution in [2.24, 2.45) is 0 Å². The molecule has 0 radical (unpaired) electrons. The fraction of sp³-hybridized carbons (Fsp3) is 0.235. The third-order valence-electron chi connectivity index (χ3n) is 7.20. The highest BCUT2D eigenvalue weighted by molar-refractivity contribution is 6.36. The Balaban J connectivity index is 1.33. The number of Topliss-reactive ketones (excluding diaryl/α,β-unsaturated/α-hetero) is 1. The fourth-order valence-corrected chi connectivity index (χ4v) is 5.55. The summed E-state index contributed by atoms with van der Waals surface area (Å²) in [4.78, 5) is 12.6. The van der Waals surface area contributed by atoms with E-state index in [0.717, 1.165) is 50.2 Å². The second kappa shape index (κ2) is 12.5. The topological polar surface area (TPSA) is 72.6 Å². The number of aliphatic hydroxyl groups excluding tert-OH is 1. The van der Waals surface area contributed by atoms with E-state index < -0.39 is 6.10 Å². The first kappa shape index (κ1) is 28.9. The molecule has 0 aliphatic heterocycles. The van der Waals surface area contributed by atoms with Crippen molar-refractivity contribution in [1.29, 1.82) is 0 Å². The smallest absolute Gasteiger partial charge is 0.191 e. The van der Waals surface area contributed by atoms with Crippen molar-refractivity contribution in [1.82, 2.24) is 5.16 Å². The average molecular weight is 589 g/mol. The van der Waals surface area contributed by atoms with Gasteiger partial charge in [-0.25, -0.2) is 0 Å². The van der Waals surface area contributed by atoms with Gasteiger partial charge in [0.05, 0.1) is 11.3 Å². The van der Waals surface area contributed by atoms with Gasteiger partial charge in [0.2, 0.25) is 0 Å². The number of benzene rings is 4. The van der Waals surface area contributed by atoms with Crippen molar-refractivity contribution in [2.75, 3.05) is 0 Å². The van der Waals surface area contributed by atoms with Gasteiger partial charge in [-0.15, -0.1) is 0 Å². The van der Waals surface area contributed by atoms with Crippen LogP contribution in [0.2, 0.25) is 10.0 Å². The van der Waals surface area contributed by atoms with Crippen molar-refractivity contribution in [3.05, 3.63) is 117 Å². The van der Waals surface area contributed by atoms with Crippen LogP contribution in [0, 0.1) is 0 Å². The summed E-state index contributed by atoms with van der Waals surface area (Å²) >= 11 is 12.7. The second-order valence-electron chi connectivity index (χ2n) is 10.4. The van der Waals surface area contributed by atoms with Gasteiger partial charge < -0.3 is 14.4 Å². The third kappa shape index (κ3) is 6.33. The van der Waals surface area contributed by atoms with E-state index in [4.69, 9.17) is 32.5 Å². The van der Waals surface area contributed by atoms with Gasteiger partial charge in [0.1, 0.15) is 24.2 Å². The van der Waals surface area contributed by atoms with E-state index in [-0.39, 0.29) is 11.7 Å². The van der Waals surface area contributed by atoms with Crippen LogP contribution in [0.25, 0.3) is 21.9 Å². The van der Waals surface area contributed by atoms with Crippen molar-refractivity contribution >= 4 is 39.8 Å². The maximum absolute atomic E-state index is 12.6. The van der Waals surface area contributed by atoms with Gasteiger partial charge in [0.15, 0.2) is 5.78 Å². The van der Waals surface area contributed by atoms with Gasteiger partial charge in [0.25, 0.3) is 0 Å². The van der Waals surface area contributed by atoms with E-state index >= 15 is 0 Å². The summed E-state index contributed by atoms with van der Waals surface area (Å²) in [5.41, 5.74) is 5.14. The molecule has 1 unspecified atom stereocenters. The van der Waals surface area contributed by atoms with E-state index in [9.17, 15) is 9.90 Å². The third-order valence-corrected chi connectivity index (χ3v) is 7.90. The number of hydrogen-bond acceptors (Lipinski definition) is 5. The van der Waals surface area contributed by atoms with Crippen LogP contribution < -0.4 is 4.74 Å². The molecule has 0 fully saturated rings. The predicted molar refractivity (Wildman–Crippen MR) is 164 cm³/mol. The molecule has 5 nitrogen and oxygen atoms in total. The summed E-state index contributed by atoms with van der Waals surface area (Å²) in [7, 11) is 0. The molecule has 0 saturated carbocycles. The Kier molecular flexibility index (Phi) is 8.79. The van der Waals surface area contributed by atoms with Gasteiger partial charge in [-0.1, -0.05) is 90.7 Å². The summed E-state index contributed by atoms with van der Waals surface area (Å²) in [5, 5.41) is 17.2. The summed E-state index contributed by atoms with van der Waals surface area (Å²) in [6.45, 7) is 5.95. The normalized spacial score (nSPS) is 12.2. The molecule has 1 N–H and O–H groups in total. The molecule has 0 spiro atoms. The molecule has 4 aromatic carbocycles. The van der Waals surface area contributed by atoms with Gasteiger partial charge >= 0.3 is 0 Å². The highest BCUT2D eigenvalue weighted by atomic mass is 35.5. The Morgan fingerprint density at radius 1 is 0.878 bits per heavy atom. The number of ether oxygens (including phenoxy) is 1. The lowest BCUT2D eigenvalue weighted by Crippen LogP contribution is -2.16. The van der Waals surface area contributed by atoms with Gasteiger partial charge in [-0.2, -0.15) is 0 Å². The standard InChI is InChI=1S/C34H31Cl2NO4/c1-20(2)34-29(32(37-41-34)17-16-27-30(35)8-5-9-31(27)36)19-40-25-14-12-22(13-15-25)24-11-10-23-6-4-7-26(28(23)18-24)33(39)21(3)38/h4-15,18,20-21,38H,16-17,19H2,1-3H3. The van der Waals surface area contributed by atoms with Gasteiger partial charge in [0, 0.05) is 21.5 Å². The van der Waals surface area contributed by atoms with Crippen LogP contribution >= 0.6 is 23.2 Å². The van der Waals surface area contributed by atoms with Crippen molar-refractivity contribution in [3.8, 4) is 16.9 Å². The highest BCUT2D eigenvalue weighted by Crippen LogP contribution is 2.31. The number of aryl methyl sites for hydroxylation is 1. The summed E-state index contributed by atoms with van der Waals surface area (Å²) < 4.78 is 11.9. The van der Waals surface area contributed by atoms with Gasteiger partial charge in [-0.3, -0.25) is 4.79 Å². The number of halogens is 2. The number of hydrogen-bond donors (Lipinski definition) is 1. The van der Waals surface area contributed by atoms with Crippen molar-refractivity contribution < 1.29 is 19.2 Å². The Hall–Kier alpha value is -3.64. The first-order valence-corrected chi connectivity index (χ1v) is 14.4. The molecule has 0 amide bonds. The monoisotopic (exact) mass is 587 g/mol. The Labute approximate surface area is 249 Å². The molecule has 210 valence electrons. The number of aromatic nitrogens is 1. The lowest BCUT2D eigenvalue weighted by Gasteiger charge is -2.12. The molecular weight excluding hydrogens is 557 g/mol. The zero-order valence-corrected chi connectivity index (χ0v) is 24.7. The predicted octanol–water partition coefficient (Wildman–Crippen LogP) is 8.85. The molecule has 41 heavy (non-hydrogen) atoms. The first-order valence-electron chi connectivity index (χ1n) is 13.6. The maximum Gasteiger partial charge on any atom is 0.191 e. The van der Waals surface area contributed by atoms with Crippen LogP contribution in [0.1, 0.15) is 59.6 Å². The summed E-state index contributed by atoms with van der Waals surface area (Å²) in [6.07, 6.45) is 0.205. The van der Waals surface area contributed by atoms with E-state index in [0.29, 0.717) is 35.1 Å². The Bertz CT molecular complexity index is 1670. The molecule has 7 heteroatoms. The molecular formula is C34H31Cl2NO4. The molecule has 1 atom stereocenters. The lowest BCUT2D eigenvalue weighted by atomic mass is 9.95. The lowest BCUT2D eigenvalue weighted by molar-refractivity contribution is 0.0781. The molecule has 1 heterocycles. The van der Waals surface area contributed by atoms with Crippen LogP contribution in [-0.2, 0) is 19.4 Å². The molecule has 1 aromatic heterocycles. The number of nitrogens with zero attached hydrogens (tertiary/aromatic N) is 1. The summed E-state index contributed by atoms with van der Waals surface area (Å²) in [5.74, 6) is 1.39. The Morgan fingerprint density at radius 2 is 1.56 bits per heavy atom. The Morgan fingerprint density at radius 3 is 2.24 bits per heavy atom. The molecule has 0 aliphatic rings. The minimum Gasteiger partial charge on any atom is -0.489 e. The average Bonchev–Trinajstić information content (AvgIpc) is 3.38. The van der Waals surface area contributed by atoms with E-state index in [1.165, 1.54) is 6.92 Å². The number of ketones is 1. The number of rotatable bonds is 10. The second-order valence-corrected chi connectivity index (χ2v) is 11.2. The van der Waals surface area contributed by atoms with Crippen molar-refractivity contribution in [3.63, 3.8) is 0 Å². The molecule has 5 aromatic rings. The number of carbonyl (C=O) groups is 1.